The molecule has 0 aromatic heterocycles. The van der Waals surface area contributed by atoms with Crippen LogP contribution in [0.3, 0.4) is 0 Å². The predicted molar refractivity (Wildman–Crippen MR) is 99.9 cm³/mol. The van der Waals surface area contributed by atoms with Crippen LogP contribution in [0.4, 0.5) is 4.39 Å². The van der Waals surface area contributed by atoms with Crippen LogP contribution in [0, 0.1) is 17.2 Å². The zero-order valence-corrected chi connectivity index (χ0v) is 16.5. The zero-order chi connectivity index (χ0) is 18.4. The topological polar surface area (TPSA) is 73.6 Å². The molecule has 3 rings (SSSR count). The average molecular weight is 387 g/mol. The predicted octanol–water partition coefficient (Wildman–Crippen LogP) is 2.97. The SMILES string of the molecule is COc1ccc(F)cc1C(C)NC(=O)C1(N)C2CCCOC2C1(C)C.Cl. The molecule has 1 heterocycles. The van der Waals surface area contributed by atoms with Gasteiger partial charge in [-0.05, 0) is 38.0 Å². The number of rotatable bonds is 4. The van der Waals surface area contributed by atoms with Gasteiger partial charge < -0.3 is 20.5 Å². The summed E-state index contributed by atoms with van der Waals surface area (Å²) in [5.74, 6) is -0.0444. The number of ether oxygens (including phenoxy) is 2. The van der Waals surface area contributed by atoms with Gasteiger partial charge in [0, 0.05) is 23.5 Å². The van der Waals surface area contributed by atoms with Crippen LogP contribution in [0.15, 0.2) is 18.2 Å². The third-order valence-electron chi connectivity index (χ3n) is 6.07. The maximum atomic E-state index is 13.6. The Labute approximate surface area is 160 Å². The molecule has 4 unspecified atom stereocenters. The number of fused-ring (bicyclic) bond motifs is 1. The summed E-state index contributed by atoms with van der Waals surface area (Å²) in [6, 6.07) is 3.85. The summed E-state index contributed by atoms with van der Waals surface area (Å²) < 4.78 is 24.8. The van der Waals surface area contributed by atoms with Crippen molar-refractivity contribution in [1.82, 2.24) is 5.32 Å². The fourth-order valence-corrected chi connectivity index (χ4v) is 4.47. The molecule has 1 saturated heterocycles. The van der Waals surface area contributed by atoms with Crippen molar-refractivity contribution in [2.45, 2.75) is 51.3 Å². The van der Waals surface area contributed by atoms with Gasteiger partial charge in [-0.1, -0.05) is 13.8 Å². The number of carbonyl (C=O) groups is 1. The average Bonchev–Trinajstić information content (AvgIpc) is 2.60. The third kappa shape index (κ3) is 2.98. The Morgan fingerprint density at radius 2 is 2.15 bits per heavy atom. The minimum absolute atomic E-state index is 0. The highest BCUT2D eigenvalue weighted by Gasteiger charge is 2.70. The van der Waals surface area contributed by atoms with E-state index in [1.54, 1.807) is 13.0 Å². The van der Waals surface area contributed by atoms with Crippen molar-refractivity contribution in [3.63, 3.8) is 0 Å². The fourth-order valence-electron chi connectivity index (χ4n) is 4.47. The second-order valence-electron chi connectivity index (χ2n) is 7.71. The number of methoxy groups -OCH3 is 1. The fraction of sp³-hybridized carbons (Fsp3) is 0.632. The van der Waals surface area contributed by atoms with E-state index in [0.717, 1.165) is 19.4 Å². The van der Waals surface area contributed by atoms with Crippen molar-refractivity contribution in [3.8, 4) is 5.75 Å². The number of hydrogen-bond donors (Lipinski definition) is 2. The van der Waals surface area contributed by atoms with Crippen LogP contribution in [0.2, 0.25) is 0 Å². The largest absolute Gasteiger partial charge is 0.496 e. The van der Waals surface area contributed by atoms with Gasteiger partial charge in [0.05, 0.1) is 19.3 Å². The van der Waals surface area contributed by atoms with Crippen LogP contribution in [-0.4, -0.2) is 31.3 Å². The molecule has 146 valence electrons. The minimum Gasteiger partial charge on any atom is -0.496 e. The molecule has 1 aromatic rings. The molecule has 1 saturated carbocycles. The molecule has 26 heavy (non-hydrogen) atoms. The molecule has 5 nitrogen and oxygen atoms in total. The van der Waals surface area contributed by atoms with E-state index in [2.05, 4.69) is 5.32 Å². The second-order valence-corrected chi connectivity index (χ2v) is 7.71. The van der Waals surface area contributed by atoms with Gasteiger partial charge in [-0.25, -0.2) is 4.39 Å². The van der Waals surface area contributed by atoms with Crippen molar-refractivity contribution in [1.29, 1.82) is 0 Å². The molecule has 0 spiro atoms. The maximum absolute atomic E-state index is 13.6. The Balaban J connectivity index is 0.00000243. The number of hydrogen-bond acceptors (Lipinski definition) is 4. The molecule has 2 aliphatic rings. The standard InChI is InChI=1S/C19H27FN2O3.ClH/c1-11(13-10-12(20)7-8-15(13)24-4)22-17(23)19(21)14-6-5-9-25-16(14)18(19,2)3;/h7-8,10-11,14,16H,5-6,9,21H2,1-4H3,(H,22,23);1H. The highest BCUT2D eigenvalue weighted by molar-refractivity contribution is 5.90. The van der Waals surface area contributed by atoms with Gasteiger partial charge in [0.2, 0.25) is 5.91 Å². The molecule has 1 aliphatic heterocycles. The van der Waals surface area contributed by atoms with E-state index < -0.39 is 17.0 Å². The molecule has 1 aliphatic carbocycles. The normalized spacial score (nSPS) is 30.2. The number of nitrogens with one attached hydrogen (secondary N) is 1. The van der Waals surface area contributed by atoms with Crippen LogP contribution in [0.1, 0.15) is 45.2 Å². The van der Waals surface area contributed by atoms with Gasteiger partial charge >= 0.3 is 0 Å². The molecular weight excluding hydrogens is 359 g/mol. The van der Waals surface area contributed by atoms with Gasteiger partial charge in [0.15, 0.2) is 0 Å². The van der Waals surface area contributed by atoms with E-state index in [1.165, 1.54) is 19.2 Å². The van der Waals surface area contributed by atoms with Gasteiger partial charge in [-0.3, -0.25) is 4.79 Å². The first-order valence-electron chi connectivity index (χ1n) is 8.78. The van der Waals surface area contributed by atoms with Crippen molar-refractivity contribution in [3.05, 3.63) is 29.6 Å². The van der Waals surface area contributed by atoms with Crippen LogP contribution < -0.4 is 15.8 Å². The summed E-state index contributed by atoms with van der Waals surface area (Å²) in [7, 11) is 1.52. The second kappa shape index (κ2) is 7.33. The van der Waals surface area contributed by atoms with Crippen LogP contribution >= 0.6 is 12.4 Å². The Kier molecular flexibility index (Phi) is 5.90. The van der Waals surface area contributed by atoms with E-state index in [0.29, 0.717) is 11.3 Å². The summed E-state index contributed by atoms with van der Waals surface area (Å²) in [4.78, 5) is 13.1. The van der Waals surface area contributed by atoms with E-state index in [1.807, 2.05) is 13.8 Å². The third-order valence-corrected chi connectivity index (χ3v) is 6.07. The molecule has 0 bridgehead atoms. The highest BCUT2D eigenvalue weighted by Crippen LogP contribution is 2.57. The first kappa shape index (κ1) is 20.9. The van der Waals surface area contributed by atoms with Gasteiger partial charge in [-0.2, -0.15) is 0 Å². The molecule has 7 heteroatoms. The summed E-state index contributed by atoms with van der Waals surface area (Å²) in [6.45, 7) is 6.48. The van der Waals surface area contributed by atoms with Crippen molar-refractivity contribution < 1.29 is 18.7 Å². The number of nitrogens with two attached hydrogens (primary N) is 1. The zero-order valence-electron chi connectivity index (χ0n) is 15.7. The molecule has 1 aromatic carbocycles. The lowest BCUT2D eigenvalue weighted by molar-refractivity contribution is -0.225. The molecule has 4 atom stereocenters. The van der Waals surface area contributed by atoms with Crippen molar-refractivity contribution >= 4 is 18.3 Å². The minimum atomic E-state index is -0.993. The Bertz CT molecular complexity index is 685. The van der Waals surface area contributed by atoms with E-state index in [9.17, 15) is 9.18 Å². The van der Waals surface area contributed by atoms with Crippen LogP contribution in [0.5, 0.6) is 5.75 Å². The lowest BCUT2D eigenvalue weighted by atomic mass is 9.46. The highest BCUT2D eigenvalue weighted by atomic mass is 35.5. The van der Waals surface area contributed by atoms with Crippen molar-refractivity contribution in [2.75, 3.05) is 13.7 Å². The smallest absolute Gasteiger partial charge is 0.241 e. The summed E-state index contributed by atoms with van der Waals surface area (Å²) >= 11 is 0. The van der Waals surface area contributed by atoms with Crippen molar-refractivity contribution in [2.24, 2.45) is 17.1 Å². The monoisotopic (exact) mass is 386 g/mol. The molecule has 1 amide bonds. The summed E-state index contributed by atoms with van der Waals surface area (Å²) in [5, 5.41) is 2.96. The number of amides is 1. The Morgan fingerprint density at radius 3 is 2.81 bits per heavy atom. The van der Waals surface area contributed by atoms with Gasteiger partial charge in [-0.15, -0.1) is 12.4 Å². The molecule has 0 radical (unpaired) electrons. The number of halogens is 2. The Hall–Kier alpha value is -1.37. The first-order chi connectivity index (χ1) is 11.7. The number of benzene rings is 1. The molecule has 2 fully saturated rings. The van der Waals surface area contributed by atoms with E-state index in [-0.39, 0.29) is 36.2 Å². The Morgan fingerprint density at radius 1 is 1.46 bits per heavy atom. The molecular formula is C19H28ClFN2O3. The van der Waals surface area contributed by atoms with Crippen LogP contribution in [-0.2, 0) is 9.53 Å². The van der Waals surface area contributed by atoms with E-state index >= 15 is 0 Å². The van der Waals surface area contributed by atoms with E-state index in [4.69, 9.17) is 15.2 Å². The summed E-state index contributed by atoms with van der Waals surface area (Å²) in [5.41, 5.74) is 5.76. The molecule has 3 N–H and O–H groups in total. The number of carbonyl (C=O) groups excluding carboxylic acids is 1. The van der Waals surface area contributed by atoms with Crippen LogP contribution in [0.25, 0.3) is 0 Å². The maximum Gasteiger partial charge on any atom is 0.241 e. The summed E-state index contributed by atoms with van der Waals surface area (Å²) in [6.07, 6.45) is 1.81. The van der Waals surface area contributed by atoms with Gasteiger partial charge in [0.1, 0.15) is 17.1 Å². The first-order valence-corrected chi connectivity index (χ1v) is 8.78. The quantitative estimate of drug-likeness (QED) is 0.834. The lowest BCUT2D eigenvalue weighted by Crippen LogP contribution is -2.82. The van der Waals surface area contributed by atoms with Gasteiger partial charge in [0.25, 0.3) is 0 Å². The lowest BCUT2D eigenvalue weighted by Gasteiger charge is -2.65.